The van der Waals surface area contributed by atoms with E-state index >= 15 is 0 Å². The molecule has 5 nitrogen and oxygen atoms in total. The maximum absolute atomic E-state index is 13.9. The summed E-state index contributed by atoms with van der Waals surface area (Å²) in [5.41, 5.74) is -1.26. The number of fused-ring (bicyclic) bond motifs is 1. The summed E-state index contributed by atoms with van der Waals surface area (Å²) in [5, 5.41) is 2.42. The molecule has 9 heteroatoms. The Morgan fingerprint density at radius 2 is 1.79 bits per heavy atom. The van der Waals surface area contributed by atoms with Gasteiger partial charge in [0.1, 0.15) is 11.6 Å². The van der Waals surface area contributed by atoms with Crippen molar-refractivity contribution in [1.29, 1.82) is 0 Å². The van der Waals surface area contributed by atoms with Crippen LogP contribution in [0.2, 0.25) is 0 Å². The van der Waals surface area contributed by atoms with Crippen LogP contribution in [0, 0.1) is 17.2 Å². The van der Waals surface area contributed by atoms with Crippen LogP contribution in [0.4, 0.5) is 29.1 Å². The van der Waals surface area contributed by atoms with Crippen LogP contribution in [-0.4, -0.2) is 16.8 Å². The number of benzene rings is 2. The Bertz CT molecular complexity index is 1460. The molecule has 1 fully saturated rings. The van der Waals surface area contributed by atoms with Gasteiger partial charge < -0.3 is 5.32 Å². The molecule has 1 aliphatic carbocycles. The number of allylic oxidation sites excluding steroid dienone is 4. The molecule has 1 N–H and O–H groups in total. The highest BCUT2D eigenvalue weighted by molar-refractivity contribution is 6.06. The third-order valence-electron chi connectivity index (χ3n) is 7.01. The van der Waals surface area contributed by atoms with Crippen LogP contribution in [-0.2, 0) is 11.0 Å². The molecule has 0 radical (unpaired) electrons. The largest absolute Gasteiger partial charge is 0.417 e. The number of hydrogen-bond acceptors (Lipinski definition) is 3. The minimum atomic E-state index is -4.78. The molecule has 2 aromatic carbocycles. The van der Waals surface area contributed by atoms with E-state index in [-0.39, 0.29) is 11.6 Å². The number of nitrogens with one attached hydrogen (secondary N) is 1. The zero-order valence-corrected chi connectivity index (χ0v) is 20.5. The second-order valence-electron chi connectivity index (χ2n) is 9.79. The van der Waals surface area contributed by atoms with Gasteiger partial charge in [-0.3, -0.25) is 14.5 Å². The number of nitrogens with zero attached hydrogens (tertiary/aromatic N) is 2. The van der Waals surface area contributed by atoms with Gasteiger partial charge in [-0.15, -0.1) is 0 Å². The smallest absolute Gasteiger partial charge is 0.322 e. The van der Waals surface area contributed by atoms with Crippen LogP contribution in [0.3, 0.4) is 0 Å². The van der Waals surface area contributed by atoms with Crippen molar-refractivity contribution in [3.05, 3.63) is 113 Å². The number of hydrogen-bond donors (Lipinski definition) is 1. The molecule has 0 bridgehead atoms. The Labute approximate surface area is 216 Å². The lowest BCUT2D eigenvalue weighted by molar-refractivity contribution is -0.137. The Morgan fingerprint density at radius 1 is 1.05 bits per heavy atom. The average Bonchev–Trinajstić information content (AvgIpc) is 3.10. The topological polar surface area (TPSA) is 62.3 Å². The van der Waals surface area contributed by atoms with Crippen molar-refractivity contribution in [2.45, 2.75) is 25.9 Å². The highest BCUT2D eigenvalue weighted by Crippen LogP contribution is 2.53. The fraction of sp³-hybridized carbons (Fsp3) is 0.207. The third-order valence-corrected chi connectivity index (χ3v) is 7.01. The Morgan fingerprint density at radius 3 is 2.45 bits per heavy atom. The number of anilines is 2. The minimum Gasteiger partial charge on any atom is -0.322 e. The molecule has 0 spiro atoms. The van der Waals surface area contributed by atoms with Crippen LogP contribution < -0.4 is 10.2 Å². The van der Waals surface area contributed by atoms with Crippen molar-refractivity contribution >= 4 is 23.3 Å². The number of rotatable bonds is 4. The van der Waals surface area contributed by atoms with Gasteiger partial charge in [0, 0.05) is 29.4 Å². The molecule has 2 aliphatic rings. The molecule has 2 atom stereocenters. The van der Waals surface area contributed by atoms with Gasteiger partial charge in [0.2, 0.25) is 5.91 Å². The Hall–Kier alpha value is -4.27. The molecule has 3 aromatic rings. The molecule has 1 aliphatic heterocycles. The normalized spacial score (nSPS) is 20.2. The molecular formula is C29H23F4N3O2. The van der Waals surface area contributed by atoms with E-state index in [1.165, 1.54) is 24.3 Å². The Balaban J connectivity index is 1.55. The van der Waals surface area contributed by atoms with Gasteiger partial charge in [-0.1, -0.05) is 38.1 Å². The predicted octanol–water partition coefficient (Wildman–Crippen LogP) is 6.72. The summed E-state index contributed by atoms with van der Waals surface area (Å²) in [6, 6.07) is 13.4. The lowest BCUT2D eigenvalue weighted by Gasteiger charge is -2.32. The van der Waals surface area contributed by atoms with Crippen molar-refractivity contribution in [3.63, 3.8) is 0 Å². The SMILES string of the molecule is CC1(C)C(=O)N(c2ccccn2)C2=CC=CC(c3ccc(C(F)(F)F)c(C(=O)Nc4ccc(F)cc4)c3)C21. The van der Waals surface area contributed by atoms with Crippen molar-refractivity contribution in [3.8, 4) is 0 Å². The van der Waals surface area contributed by atoms with E-state index in [4.69, 9.17) is 0 Å². The van der Waals surface area contributed by atoms with E-state index in [1.807, 2.05) is 12.2 Å². The minimum absolute atomic E-state index is 0.159. The molecule has 194 valence electrons. The molecular weight excluding hydrogens is 498 g/mol. The van der Waals surface area contributed by atoms with Crippen LogP contribution >= 0.6 is 0 Å². The maximum Gasteiger partial charge on any atom is 0.417 e. The number of halogens is 4. The van der Waals surface area contributed by atoms with E-state index < -0.39 is 46.3 Å². The van der Waals surface area contributed by atoms with Crippen molar-refractivity contribution in [2.24, 2.45) is 11.3 Å². The number of carbonyl (C=O) groups excluding carboxylic acids is 2. The van der Waals surface area contributed by atoms with Crippen LogP contribution in [0.5, 0.6) is 0 Å². The summed E-state index contributed by atoms with van der Waals surface area (Å²) in [4.78, 5) is 32.5. The average molecular weight is 522 g/mol. The molecule has 2 amide bonds. The quantitative estimate of drug-likeness (QED) is 0.388. The lowest BCUT2D eigenvalue weighted by Crippen LogP contribution is -2.33. The molecule has 2 unspecified atom stereocenters. The first kappa shape index (κ1) is 25.4. The molecule has 1 aromatic heterocycles. The monoisotopic (exact) mass is 521 g/mol. The van der Waals surface area contributed by atoms with Crippen molar-refractivity contribution < 1.29 is 27.2 Å². The highest BCUT2D eigenvalue weighted by atomic mass is 19.4. The molecule has 2 heterocycles. The lowest BCUT2D eigenvalue weighted by atomic mass is 9.68. The van der Waals surface area contributed by atoms with Crippen LogP contribution in [0.25, 0.3) is 0 Å². The zero-order chi connectivity index (χ0) is 27.2. The number of alkyl halides is 3. The summed E-state index contributed by atoms with van der Waals surface area (Å²) in [7, 11) is 0. The third kappa shape index (κ3) is 4.38. The van der Waals surface area contributed by atoms with Gasteiger partial charge in [0.25, 0.3) is 5.91 Å². The summed E-state index contributed by atoms with van der Waals surface area (Å²) in [5.74, 6) is -2.13. The highest BCUT2D eigenvalue weighted by Gasteiger charge is 2.54. The molecule has 0 saturated carbocycles. The maximum atomic E-state index is 13.9. The van der Waals surface area contributed by atoms with Gasteiger partial charge in [-0.05, 0) is 60.2 Å². The van der Waals surface area contributed by atoms with Gasteiger partial charge in [0.05, 0.1) is 16.5 Å². The van der Waals surface area contributed by atoms with Crippen molar-refractivity contribution in [2.75, 3.05) is 10.2 Å². The van der Waals surface area contributed by atoms with Gasteiger partial charge in [0.15, 0.2) is 0 Å². The standard InChI is InChI=1S/C29H23F4N3O2/c1-28(2)25-20(6-5-7-23(25)36(27(28)38)24-8-3-4-15-34-24)17-9-14-22(29(31,32)33)21(16-17)26(37)35-19-12-10-18(30)11-13-19/h3-16,20,25H,1-2H3,(H,35,37). The fourth-order valence-electron chi connectivity index (χ4n) is 5.21. The summed E-state index contributed by atoms with van der Waals surface area (Å²) < 4.78 is 54.9. The van der Waals surface area contributed by atoms with Gasteiger partial charge in [-0.2, -0.15) is 13.2 Å². The fourth-order valence-corrected chi connectivity index (χ4v) is 5.21. The number of pyridine rings is 1. The van der Waals surface area contributed by atoms with Crippen LogP contribution in [0.15, 0.2) is 90.8 Å². The Kier molecular flexibility index (Phi) is 6.17. The van der Waals surface area contributed by atoms with Gasteiger partial charge in [-0.25, -0.2) is 9.37 Å². The number of aromatic nitrogens is 1. The predicted molar refractivity (Wildman–Crippen MR) is 135 cm³/mol. The van der Waals surface area contributed by atoms with Crippen LogP contribution in [0.1, 0.15) is 41.3 Å². The first-order valence-corrected chi connectivity index (χ1v) is 11.9. The van der Waals surface area contributed by atoms with Gasteiger partial charge >= 0.3 is 6.18 Å². The summed E-state index contributed by atoms with van der Waals surface area (Å²) in [6.45, 7) is 3.60. The van der Waals surface area contributed by atoms with E-state index in [0.717, 1.165) is 18.2 Å². The van der Waals surface area contributed by atoms with Crippen molar-refractivity contribution in [1.82, 2.24) is 4.98 Å². The molecule has 38 heavy (non-hydrogen) atoms. The van der Waals surface area contributed by atoms with E-state index in [9.17, 15) is 27.2 Å². The molecule has 1 saturated heterocycles. The zero-order valence-electron chi connectivity index (χ0n) is 20.5. The first-order valence-electron chi connectivity index (χ1n) is 11.9. The number of carbonyl (C=O) groups is 2. The summed E-state index contributed by atoms with van der Waals surface area (Å²) in [6.07, 6.45) is 2.21. The van der Waals surface area contributed by atoms with E-state index in [1.54, 1.807) is 49.2 Å². The van der Waals surface area contributed by atoms with E-state index in [2.05, 4.69) is 10.3 Å². The first-order chi connectivity index (χ1) is 18.0. The number of amides is 2. The molecule has 5 rings (SSSR count). The second-order valence-corrected chi connectivity index (χ2v) is 9.79. The summed E-state index contributed by atoms with van der Waals surface area (Å²) >= 11 is 0. The van der Waals surface area contributed by atoms with E-state index in [0.29, 0.717) is 17.1 Å². The second kappa shape index (κ2) is 9.24.